The van der Waals surface area contributed by atoms with Crippen LogP contribution in [0.3, 0.4) is 0 Å². The third kappa shape index (κ3) is 3.57. The molecule has 5 nitrogen and oxygen atoms in total. The molecular formula is C20H30N2O3S. The maximum Gasteiger partial charge on any atom is 0.261 e. The van der Waals surface area contributed by atoms with Crippen LogP contribution in [-0.2, 0) is 16.8 Å². The van der Waals surface area contributed by atoms with Crippen molar-refractivity contribution < 1.29 is 14.6 Å². The minimum Gasteiger partial charge on any atom is -0.396 e. The predicted octanol–water partition coefficient (Wildman–Crippen LogP) is 2.67. The monoisotopic (exact) mass is 378 g/mol. The number of ether oxygens (including phenoxy) is 1. The van der Waals surface area contributed by atoms with E-state index in [4.69, 9.17) is 9.84 Å². The number of aliphatic hydroxyl groups is 1. The molecule has 0 atom stereocenters. The van der Waals surface area contributed by atoms with Gasteiger partial charge in [0.25, 0.3) is 5.91 Å². The summed E-state index contributed by atoms with van der Waals surface area (Å²) in [6.45, 7) is 3.62. The number of amides is 1. The highest BCUT2D eigenvalue weighted by Gasteiger charge is 2.43. The Morgan fingerprint density at radius 1 is 1.35 bits per heavy atom. The lowest BCUT2D eigenvalue weighted by atomic mass is 9.82. The van der Waals surface area contributed by atoms with Crippen LogP contribution in [0.25, 0.3) is 0 Å². The van der Waals surface area contributed by atoms with E-state index in [9.17, 15) is 4.79 Å². The Labute approximate surface area is 159 Å². The van der Waals surface area contributed by atoms with E-state index >= 15 is 0 Å². The van der Waals surface area contributed by atoms with Crippen LogP contribution in [-0.4, -0.2) is 54.8 Å². The summed E-state index contributed by atoms with van der Waals surface area (Å²) in [6, 6.07) is 2.87. The van der Waals surface area contributed by atoms with Crippen molar-refractivity contribution in [1.82, 2.24) is 10.2 Å². The Morgan fingerprint density at radius 3 is 2.85 bits per heavy atom. The summed E-state index contributed by atoms with van der Waals surface area (Å²) in [5, 5.41) is 11.8. The maximum absolute atomic E-state index is 12.4. The van der Waals surface area contributed by atoms with Crippen LogP contribution < -0.4 is 5.32 Å². The predicted molar refractivity (Wildman–Crippen MR) is 103 cm³/mol. The summed E-state index contributed by atoms with van der Waals surface area (Å²) in [5.74, 6) is -0.0172. The first-order chi connectivity index (χ1) is 12.7. The van der Waals surface area contributed by atoms with E-state index in [1.165, 1.54) is 36.1 Å². The van der Waals surface area contributed by atoms with Crippen LogP contribution >= 0.6 is 11.3 Å². The molecule has 1 saturated carbocycles. The van der Waals surface area contributed by atoms with E-state index in [1.807, 2.05) is 0 Å². The van der Waals surface area contributed by atoms with Crippen molar-refractivity contribution in [2.45, 2.75) is 63.0 Å². The normalized spacial score (nSPS) is 23.3. The molecule has 144 valence electrons. The number of fused-ring (bicyclic) bond motifs is 2. The van der Waals surface area contributed by atoms with Gasteiger partial charge in [-0.05, 0) is 43.7 Å². The highest BCUT2D eigenvalue weighted by molar-refractivity contribution is 7.14. The first-order valence-corrected chi connectivity index (χ1v) is 10.9. The van der Waals surface area contributed by atoms with Crippen molar-refractivity contribution in [3.63, 3.8) is 0 Å². The molecule has 2 N–H and O–H groups in total. The fourth-order valence-electron chi connectivity index (χ4n) is 4.83. The van der Waals surface area contributed by atoms with Gasteiger partial charge in [-0.3, -0.25) is 4.79 Å². The first-order valence-electron chi connectivity index (χ1n) is 10.1. The summed E-state index contributed by atoms with van der Waals surface area (Å²) < 4.78 is 6.35. The molecule has 1 aromatic heterocycles. The molecule has 1 saturated heterocycles. The molecule has 2 fully saturated rings. The van der Waals surface area contributed by atoms with Gasteiger partial charge in [0.15, 0.2) is 0 Å². The number of rotatable bonds is 5. The van der Waals surface area contributed by atoms with Crippen molar-refractivity contribution in [2.24, 2.45) is 0 Å². The third-order valence-corrected chi connectivity index (χ3v) is 7.49. The second kappa shape index (κ2) is 7.97. The van der Waals surface area contributed by atoms with E-state index in [0.717, 1.165) is 49.9 Å². The standard InChI is InChI=1S/C20H30N2O3S/c23-12-3-9-21-19(24)18-14-16-17(26-18)6-13-25-20(16)7-10-22(11-8-20)15-4-1-2-5-15/h14-15,23H,1-13H2,(H,21,24). The lowest BCUT2D eigenvalue weighted by Crippen LogP contribution is -2.48. The van der Waals surface area contributed by atoms with E-state index in [2.05, 4.69) is 16.3 Å². The first kappa shape index (κ1) is 18.4. The van der Waals surface area contributed by atoms with Gasteiger partial charge in [-0.25, -0.2) is 0 Å². The van der Waals surface area contributed by atoms with Crippen LogP contribution in [0.15, 0.2) is 6.07 Å². The molecule has 0 aromatic carbocycles. The number of carbonyl (C=O) groups excluding carboxylic acids is 1. The van der Waals surface area contributed by atoms with Crippen molar-refractivity contribution in [1.29, 1.82) is 0 Å². The zero-order valence-corrected chi connectivity index (χ0v) is 16.3. The van der Waals surface area contributed by atoms with Crippen LogP contribution in [0.2, 0.25) is 0 Å². The minimum atomic E-state index is -0.178. The number of nitrogens with one attached hydrogen (secondary N) is 1. The number of hydrogen-bond donors (Lipinski definition) is 2. The number of thiophene rings is 1. The van der Waals surface area contributed by atoms with Gasteiger partial charge in [0, 0.05) is 43.6 Å². The number of likely N-dealkylation sites (tertiary alicyclic amines) is 1. The molecule has 6 heteroatoms. The molecule has 2 aliphatic heterocycles. The van der Waals surface area contributed by atoms with Crippen molar-refractivity contribution in [3.05, 3.63) is 21.4 Å². The van der Waals surface area contributed by atoms with E-state index in [-0.39, 0.29) is 18.1 Å². The molecule has 1 aromatic rings. The summed E-state index contributed by atoms with van der Waals surface area (Å²) in [5.41, 5.74) is 1.09. The molecular weight excluding hydrogens is 348 g/mol. The minimum absolute atomic E-state index is 0.0172. The van der Waals surface area contributed by atoms with Crippen LogP contribution in [0.1, 0.15) is 65.1 Å². The summed E-state index contributed by atoms with van der Waals surface area (Å²) in [6.07, 6.45) is 9.07. The molecule has 4 rings (SSSR count). The lowest BCUT2D eigenvalue weighted by Gasteiger charge is -2.45. The molecule has 0 unspecified atom stereocenters. The SMILES string of the molecule is O=C(NCCCO)c1cc2c(s1)CCOC21CCN(C2CCCC2)CC1. The van der Waals surface area contributed by atoms with Gasteiger partial charge in [0.2, 0.25) is 0 Å². The van der Waals surface area contributed by atoms with Crippen LogP contribution in [0, 0.1) is 0 Å². The second-order valence-corrected chi connectivity index (χ2v) is 8.98. The third-order valence-electron chi connectivity index (χ3n) is 6.30. The highest BCUT2D eigenvalue weighted by Crippen LogP contribution is 2.45. The Bertz CT molecular complexity index is 631. The van der Waals surface area contributed by atoms with Gasteiger partial charge in [-0.15, -0.1) is 11.3 Å². The number of aliphatic hydroxyl groups excluding tert-OH is 1. The number of piperidine rings is 1. The molecule has 0 radical (unpaired) electrons. The highest BCUT2D eigenvalue weighted by atomic mass is 32.1. The van der Waals surface area contributed by atoms with Gasteiger partial charge in [0.05, 0.1) is 17.1 Å². The summed E-state index contributed by atoms with van der Waals surface area (Å²) in [7, 11) is 0. The second-order valence-electron chi connectivity index (χ2n) is 7.85. The van der Waals surface area contributed by atoms with E-state index in [0.29, 0.717) is 13.0 Å². The topological polar surface area (TPSA) is 61.8 Å². The van der Waals surface area contributed by atoms with Gasteiger partial charge in [-0.1, -0.05) is 12.8 Å². The van der Waals surface area contributed by atoms with Crippen molar-refractivity contribution in [3.8, 4) is 0 Å². The lowest BCUT2D eigenvalue weighted by molar-refractivity contribution is -0.102. The number of hydrogen-bond acceptors (Lipinski definition) is 5. The van der Waals surface area contributed by atoms with Crippen molar-refractivity contribution >= 4 is 17.2 Å². The number of nitrogens with zero attached hydrogens (tertiary/aromatic N) is 1. The fraction of sp³-hybridized carbons (Fsp3) is 0.750. The average molecular weight is 379 g/mol. The molecule has 1 aliphatic carbocycles. The van der Waals surface area contributed by atoms with Gasteiger partial charge in [-0.2, -0.15) is 0 Å². The number of carbonyl (C=O) groups is 1. The average Bonchev–Trinajstić information content (AvgIpc) is 3.33. The van der Waals surface area contributed by atoms with Crippen molar-refractivity contribution in [2.75, 3.05) is 32.8 Å². The molecule has 1 amide bonds. The zero-order chi connectivity index (χ0) is 18.0. The maximum atomic E-state index is 12.4. The zero-order valence-electron chi connectivity index (χ0n) is 15.5. The fourth-order valence-corrected chi connectivity index (χ4v) is 5.98. The van der Waals surface area contributed by atoms with E-state index in [1.54, 1.807) is 11.3 Å². The Hall–Kier alpha value is -0.950. The van der Waals surface area contributed by atoms with Gasteiger partial charge < -0.3 is 20.1 Å². The Kier molecular flexibility index (Phi) is 5.64. The summed E-state index contributed by atoms with van der Waals surface area (Å²) in [4.78, 5) is 17.2. The quantitative estimate of drug-likeness (QED) is 0.774. The Balaban J connectivity index is 1.46. The molecule has 0 bridgehead atoms. The van der Waals surface area contributed by atoms with Gasteiger partial charge >= 0.3 is 0 Å². The van der Waals surface area contributed by atoms with Gasteiger partial charge in [0.1, 0.15) is 0 Å². The smallest absolute Gasteiger partial charge is 0.261 e. The molecule has 26 heavy (non-hydrogen) atoms. The molecule has 1 spiro atoms. The Morgan fingerprint density at radius 2 is 2.12 bits per heavy atom. The molecule has 3 aliphatic rings. The van der Waals surface area contributed by atoms with E-state index < -0.39 is 0 Å². The van der Waals surface area contributed by atoms with Crippen LogP contribution in [0.4, 0.5) is 0 Å². The summed E-state index contributed by atoms with van der Waals surface area (Å²) >= 11 is 1.63. The van der Waals surface area contributed by atoms with Crippen LogP contribution in [0.5, 0.6) is 0 Å². The molecule has 3 heterocycles. The largest absolute Gasteiger partial charge is 0.396 e.